The van der Waals surface area contributed by atoms with E-state index in [4.69, 9.17) is 4.74 Å². The van der Waals surface area contributed by atoms with E-state index in [-0.39, 0.29) is 17.5 Å². The highest BCUT2D eigenvalue weighted by Gasteiger charge is 2.12. The second kappa shape index (κ2) is 9.42. The summed E-state index contributed by atoms with van der Waals surface area (Å²) >= 11 is 0. The van der Waals surface area contributed by atoms with Crippen LogP contribution in [0.5, 0.6) is 5.75 Å². The van der Waals surface area contributed by atoms with Crippen molar-refractivity contribution in [2.24, 2.45) is 0 Å². The summed E-state index contributed by atoms with van der Waals surface area (Å²) < 4.78 is 5.13. The Morgan fingerprint density at radius 3 is 2.72 bits per heavy atom. The van der Waals surface area contributed by atoms with Crippen molar-refractivity contribution < 1.29 is 14.3 Å². The molecule has 0 saturated carbocycles. The van der Waals surface area contributed by atoms with Crippen molar-refractivity contribution in [1.82, 2.24) is 10.3 Å². The first-order chi connectivity index (χ1) is 12.1. The Morgan fingerprint density at radius 2 is 1.96 bits per heavy atom. The van der Waals surface area contributed by atoms with Crippen molar-refractivity contribution in [3.63, 3.8) is 0 Å². The number of amides is 2. The van der Waals surface area contributed by atoms with Gasteiger partial charge in [-0.1, -0.05) is 25.8 Å². The molecule has 2 amide bonds. The lowest BCUT2D eigenvalue weighted by molar-refractivity contribution is 0.0948. The minimum absolute atomic E-state index is 0.231. The predicted octanol–water partition coefficient (Wildman–Crippen LogP) is 3.26. The molecule has 0 saturated heterocycles. The highest BCUT2D eigenvalue weighted by Crippen LogP contribution is 2.17. The van der Waals surface area contributed by atoms with Gasteiger partial charge in [-0.3, -0.25) is 14.6 Å². The smallest absolute Gasteiger partial charge is 0.269 e. The quantitative estimate of drug-likeness (QED) is 0.722. The lowest BCUT2D eigenvalue weighted by atomic mass is 10.2. The number of pyridine rings is 1. The van der Waals surface area contributed by atoms with E-state index in [1.807, 2.05) is 0 Å². The topological polar surface area (TPSA) is 80.3 Å². The average molecular weight is 341 g/mol. The van der Waals surface area contributed by atoms with Crippen LogP contribution in [0.3, 0.4) is 0 Å². The van der Waals surface area contributed by atoms with Crippen molar-refractivity contribution >= 4 is 17.5 Å². The zero-order valence-corrected chi connectivity index (χ0v) is 14.5. The van der Waals surface area contributed by atoms with E-state index in [9.17, 15) is 9.59 Å². The van der Waals surface area contributed by atoms with E-state index >= 15 is 0 Å². The van der Waals surface area contributed by atoms with Gasteiger partial charge in [0.15, 0.2) is 0 Å². The van der Waals surface area contributed by atoms with E-state index in [1.165, 1.54) is 12.3 Å². The van der Waals surface area contributed by atoms with Crippen LogP contribution in [0.25, 0.3) is 0 Å². The van der Waals surface area contributed by atoms with Gasteiger partial charge in [0, 0.05) is 30.1 Å². The fourth-order valence-corrected chi connectivity index (χ4v) is 2.27. The van der Waals surface area contributed by atoms with E-state index in [0.717, 1.165) is 19.3 Å². The number of rotatable bonds is 8. The van der Waals surface area contributed by atoms with Gasteiger partial charge in [0.1, 0.15) is 11.4 Å². The Kier molecular flexibility index (Phi) is 6.95. The Balaban J connectivity index is 2.01. The third-order valence-corrected chi connectivity index (χ3v) is 3.65. The van der Waals surface area contributed by atoms with E-state index in [2.05, 4.69) is 22.5 Å². The summed E-state index contributed by atoms with van der Waals surface area (Å²) in [5.74, 6) is 0.0718. The molecule has 0 spiro atoms. The standard InChI is InChI=1S/C19H23N3O3/c1-3-4-5-10-21-19(24)17-12-14(9-11-20-17)18(23)22-15-7-6-8-16(13-15)25-2/h6-9,11-13H,3-5,10H2,1-2H3,(H,21,24)(H,22,23). The van der Waals surface area contributed by atoms with Crippen LogP contribution in [-0.4, -0.2) is 30.5 Å². The van der Waals surface area contributed by atoms with Crippen molar-refractivity contribution in [3.8, 4) is 5.75 Å². The minimum atomic E-state index is -0.310. The zero-order valence-electron chi connectivity index (χ0n) is 14.5. The van der Waals surface area contributed by atoms with Crippen molar-refractivity contribution in [1.29, 1.82) is 0 Å². The molecule has 6 heteroatoms. The number of carbonyl (C=O) groups excluding carboxylic acids is 2. The largest absolute Gasteiger partial charge is 0.497 e. The molecule has 0 bridgehead atoms. The second-order valence-corrected chi connectivity index (χ2v) is 5.58. The van der Waals surface area contributed by atoms with Gasteiger partial charge in [0.05, 0.1) is 7.11 Å². The van der Waals surface area contributed by atoms with Crippen molar-refractivity contribution in [2.75, 3.05) is 19.0 Å². The molecule has 6 nitrogen and oxygen atoms in total. The van der Waals surface area contributed by atoms with Gasteiger partial charge in [0.25, 0.3) is 11.8 Å². The van der Waals surface area contributed by atoms with E-state index in [1.54, 1.807) is 37.4 Å². The number of hydrogen-bond acceptors (Lipinski definition) is 4. The highest BCUT2D eigenvalue weighted by atomic mass is 16.5. The third kappa shape index (κ3) is 5.60. The number of benzene rings is 1. The monoisotopic (exact) mass is 341 g/mol. The molecule has 2 aromatic rings. The fraction of sp³-hybridized carbons (Fsp3) is 0.316. The van der Waals surface area contributed by atoms with Crippen LogP contribution in [0.1, 0.15) is 47.0 Å². The maximum atomic E-state index is 12.4. The summed E-state index contributed by atoms with van der Waals surface area (Å²) in [5.41, 5.74) is 1.22. The average Bonchev–Trinajstić information content (AvgIpc) is 2.65. The van der Waals surface area contributed by atoms with E-state index in [0.29, 0.717) is 23.5 Å². The summed E-state index contributed by atoms with van der Waals surface area (Å²) in [4.78, 5) is 28.5. The number of ether oxygens (including phenoxy) is 1. The molecule has 132 valence electrons. The summed E-state index contributed by atoms with van der Waals surface area (Å²) in [6.07, 6.45) is 4.55. The number of carbonyl (C=O) groups is 2. The van der Waals surface area contributed by atoms with Gasteiger partial charge < -0.3 is 15.4 Å². The minimum Gasteiger partial charge on any atom is -0.497 e. The lowest BCUT2D eigenvalue weighted by Gasteiger charge is -2.08. The van der Waals surface area contributed by atoms with Crippen molar-refractivity contribution in [3.05, 3.63) is 53.9 Å². The first kappa shape index (κ1) is 18.4. The predicted molar refractivity (Wildman–Crippen MR) is 97.0 cm³/mol. The number of anilines is 1. The molecule has 25 heavy (non-hydrogen) atoms. The van der Waals surface area contributed by atoms with Crippen molar-refractivity contribution in [2.45, 2.75) is 26.2 Å². The number of hydrogen-bond donors (Lipinski definition) is 2. The maximum absolute atomic E-state index is 12.4. The molecule has 1 aromatic carbocycles. The molecule has 1 aromatic heterocycles. The molecule has 0 atom stereocenters. The van der Waals surface area contributed by atoms with Gasteiger partial charge in [0.2, 0.25) is 0 Å². The van der Waals surface area contributed by atoms with Gasteiger partial charge in [-0.25, -0.2) is 0 Å². The number of methoxy groups -OCH3 is 1. The molecular weight excluding hydrogens is 318 g/mol. The highest BCUT2D eigenvalue weighted by molar-refractivity contribution is 6.05. The molecule has 0 radical (unpaired) electrons. The Morgan fingerprint density at radius 1 is 1.12 bits per heavy atom. The lowest BCUT2D eigenvalue weighted by Crippen LogP contribution is -2.25. The molecule has 0 fully saturated rings. The Bertz CT molecular complexity index is 731. The zero-order chi connectivity index (χ0) is 18.1. The number of nitrogens with zero attached hydrogens (tertiary/aromatic N) is 1. The van der Waals surface area contributed by atoms with Crippen LogP contribution < -0.4 is 15.4 Å². The first-order valence-electron chi connectivity index (χ1n) is 8.33. The van der Waals surface area contributed by atoms with Crippen LogP contribution in [0.4, 0.5) is 5.69 Å². The van der Waals surface area contributed by atoms with Crippen LogP contribution in [0.2, 0.25) is 0 Å². The van der Waals surface area contributed by atoms with Gasteiger partial charge in [-0.2, -0.15) is 0 Å². The Labute approximate surface area is 147 Å². The molecule has 0 aliphatic carbocycles. The molecule has 2 rings (SSSR count). The first-order valence-corrected chi connectivity index (χ1v) is 8.33. The van der Waals surface area contributed by atoms with Crippen LogP contribution >= 0.6 is 0 Å². The maximum Gasteiger partial charge on any atom is 0.269 e. The molecular formula is C19H23N3O3. The van der Waals surface area contributed by atoms with Gasteiger partial charge >= 0.3 is 0 Å². The summed E-state index contributed by atoms with van der Waals surface area (Å²) in [6.45, 7) is 2.71. The normalized spacial score (nSPS) is 10.2. The number of unbranched alkanes of at least 4 members (excludes halogenated alkanes) is 2. The Hall–Kier alpha value is -2.89. The molecule has 0 unspecified atom stereocenters. The van der Waals surface area contributed by atoms with Crippen LogP contribution in [-0.2, 0) is 0 Å². The number of aromatic nitrogens is 1. The van der Waals surface area contributed by atoms with Crippen LogP contribution in [0, 0.1) is 0 Å². The second-order valence-electron chi connectivity index (χ2n) is 5.58. The fourth-order valence-electron chi connectivity index (χ4n) is 2.27. The molecule has 0 aliphatic heterocycles. The van der Waals surface area contributed by atoms with Gasteiger partial charge in [-0.15, -0.1) is 0 Å². The summed E-state index contributed by atoms with van der Waals surface area (Å²) in [7, 11) is 1.56. The SMILES string of the molecule is CCCCCNC(=O)c1cc(C(=O)Nc2cccc(OC)c2)ccn1. The molecule has 0 aliphatic rings. The summed E-state index contributed by atoms with van der Waals surface area (Å²) in [6, 6.07) is 10.1. The summed E-state index contributed by atoms with van der Waals surface area (Å²) in [5, 5.41) is 5.60. The third-order valence-electron chi connectivity index (χ3n) is 3.65. The van der Waals surface area contributed by atoms with Gasteiger partial charge in [-0.05, 0) is 30.7 Å². The molecule has 2 N–H and O–H groups in total. The molecule has 1 heterocycles. The van der Waals surface area contributed by atoms with Crippen LogP contribution in [0.15, 0.2) is 42.6 Å². The van der Waals surface area contributed by atoms with E-state index < -0.39 is 0 Å². The number of nitrogens with one attached hydrogen (secondary N) is 2.